The summed E-state index contributed by atoms with van der Waals surface area (Å²) in [5.74, 6) is 0. The van der Waals surface area contributed by atoms with Gasteiger partial charge in [0.25, 0.3) is 0 Å². The number of nitrogens with zero attached hydrogens (tertiary/aromatic N) is 1. The molecule has 1 nitrogen and oxygen atoms in total. The largest absolute Gasteiger partial charge is 0.310 e. The van der Waals surface area contributed by atoms with Crippen LogP contribution in [0.3, 0.4) is 0 Å². The second-order valence-electron chi connectivity index (χ2n) is 4.63. The standard InChI is InChI=1S/C20H23N/c1-7-13-18(9-3)21(19(10-4)16(5)8-2)20-15-12-11-14-17(20)6/h7-15H,1-4H2,5-6H3/b18-13+,19-16+. The van der Waals surface area contributed by atoms with E-state index in [0.29, 0.717) is 0 Å². The topological polar surface area (TPSA) is 3.24 Å². The molecule has 0 aliphatic rings. The van der Waals surface area contributed by atoms with Crippen LogP contribution in [0.4, 0.5) is 5.69 Å². The number of rotatable bonds is 7. The summed E-state index contributed by atoms with van der Waals surface area (Å²) in [6.07, 6.45) is 9.17. The minimum absolute atomic E-state index is 0.940. The maximum Gasteiger partial charge on any atom is 0.0490 e. The lowest BCUT2D eigenvalue weighted by Gasteiger charge is -2.29. The lowest BCUT2D eigenvalue weighted by molar-refractivity contribution is 1.11. The molecule has 1 heteroatoms. The van der Waals surface area contributed by atoms with Crippen molar-refractivity contribution in [2.75, 3.05) is 4.90 Å². The van der Waals surface area contributed by atoms with Crippen LogP contribution in [0, 0.1) is 6.92 Å². The van der Waals surface area contributed by atoms with E-state index in [1.165, 1.54) is 5.56 Å². The van der Waals surface area contributed by atoms with E-state index in [9.17, 15) is 0 Å². The second kappa shape index (κ2) is 7.91. The maximum absolute atomic E-state index is 3.95. The van der Waals surface area contributed by atoms with Crippen LogP contribution in [-0.2, 0) is 0 Å². The molecule has 0 saturated carbocycles. The van der Waals surface area contributed by atoms with Gasteiger partial charge in [0.15, 0.2) is 0 Å². The van der Waals surface area contributed by atoms with E-state index in [4.69, 9.17) is 0 Å². The Kier molecular flexibility index (Phi) is 6.22. The van der Waals surface area contributed by atoms with Crippen molar-refractivity contribution in [3.05, 3.63) is 103 Å². The molecule has 0 atom stereocenters. The van der Waals surface area contributed by atoms with E-state index >= 15 is 0 Å². The number of anilines is 1. The van der Waals surface area contributed by atoms with Gasteiger partial charge in [0.2, 0.25) is 0 Å². The van der Waals surface area contributed by atoms with Gasteiger partial charge in [-0.15, -0.1) is 0 Å². The molecule has 0 aliphatic carbocycles. The molecule has 0 saturated heterocycles. The lowest BCUT2D eigenvalue weighted by Crippen LogP contribution is -2.21. The fraction of sp³-hybridized carbons (Fsp3) is 0.100. The first-order chi connectivity index (χ1) is 10.1. The van der Waals surface area contributed by atoms with Crippen molar-refractivity contribution in [3.63, 3.8) is 0 Å². The summed E-state index contributed by atoms with van der Waals surface area (Å²) >= 11 is 0. The van der Waals surface area contributed by atoms with Crippen LogP contribution in [0.25, 0.3) is 0 Å². The van der Waals surface area contributed by atoms with Crippen LogP contribution >= 0.6 is 0 Å². The van der Waals surface area contributed by atoms with Gasteiger partial charge in [0, 0.05) is 17.1 Å². The smallest absolute Gasteiger partial charge is 0.0490 e. The van der Waals surface area contributed by atoms with Gasteiger partial charge in [0.1, 0.15) is 0 Å². The fourth-order valence-electron chi connectivity index (χ4n) is 2.11. The van der Waals surface area contributed by atoms with E-state index in [1.807, 2.05) is 43.4 Å². The summed E-state index contributed by atoms with van der Waals surface area (Å²) in [5, 5.41) is 0. The molecule has 0 spiro atoms. The summed E-state index contributed by atoms with van der Waals surface area (Å²) < 4.78 is 0. The third-order valence-electron chi connectivity index (χ3n) is 3.26. The number of aryl methyl sites for hydroxylation is 1. The van der Waals surface area contributed by atoms with E-state index in [-0.39, 0.29) is 0 Å². The molecule has 0 aliphatic heterocycles. The van der Waals surface area contributed by atoms with Crippen molar-refractivity contribution >= 4 is 5.69 Å². The summed E-state index contributed by atoms with van der Waals surface area (Å²) in [4.78, 5) is 2.12. The maximum atomic E-state index is 3.95. The predicted molar refractivity (Wildman–Crippen MR) is 95.2 cm³/mol. The number of benzene rings is 1. The van der Waals surface area contributed by atoms with Crippen molar-refractivity contribution in [2.24, 2.45) is 0 Å². The molecule has 1 aromatic carbocycles. The minimum atomic E-state index is 0.940. The highest BCUT2D eigenvalue weighted by Gasteiger charge is 2.16. The Labute approximate surface area is 128 Å². The molecule has 0 N–H and O–H groups in total. The zero-order chi connectivity index (χ0) is 15.8. The molecule has 0 bridgehead atoms. The quantitative estimate of drug-likeness (QED) is 0.577. The number of allylic oxidation sites excluding steroid dienone is 6. The Morgan fingerprint density at radius 3 is 2.14 bits per heavy atom. The normalized spacial score (nSPS) is 12.2. The van der Waals surface area contributed by atoms with Gasteiger partial charge in [-0.05, 0) is 49.3 Å². The summed E-state index contributed by atoms with van der Waals surface area (Å²) in [6, 6.07) is 8.21. The zero-order valence-corrected chi connectivity index (χ0v) is 13.0. The Balaban J connectivity index is 3.65. The Hall–Kier alpha value is -2.54. The highest BCUT2D eigenvalue weighted by Crippen LogP contribution is 2.30. The summed E-state index contributed by atoms with van der Waals surface area (Å²) in [7, 11) is 0. The van der Waals surface area contributed by atoms with Gasteiger partial charge in [-0.1, -0.05) is 56.7 Å². The Morgan fingerprint density at radius 1 is 1.00 bits per heavy atom. The SMILES string of the molecule is C=C/C=C(\C=C)N(/C(C=C)=C(\C)C=C)c1ccccc1C. The average Bonchev–Trinajstić information content (AvgIpc) is 2.51. The van der Waals surface area contributed by atoms with Crippen LogP contribution < -0.4 is 4.90 Å². The van der Waals surface area contributed by atoms with Gasteiger partial charge in [-0.25, -0.2) is 0 Å². The van der Waals surface area contributed by atoms with Gasteiger partial charge < -0.3 is 4.90 Å². The van der Waals surface area contributed by atoms with Crippen LogP contribution in [0.1, 0.15) is 12.5 Å². The van der Waals surface area contributed by atoms with E-state index in [2.05, 4.69) is 50.3 Å². The number of hydrogen-bond donors (Lipinski definition) is 0. The first kappa shape index (κ1) is 16.5. The molecular formula is C20H23N. The summed E-state index contributed by atoms with van der Waals surface area (Å²) in [5.41, 5.74) is 5.22. The third-order valence-corrected chi connectivity index (χ3v) is 3.26. The number of hydrogen-bond acceptors (Lipinski definition) is 1. The second-order valence-corrected chi connectivity index (χ2v) is 4.63. The summed E-state index contributed by atoms with van der Waals surface area (Å²) in [6.45, 7) is 19.6. The molecular weight excluding hydrogens is 254 g/mol. The van der Waals surface area contributed by atoms with Crippen LogP contribution in [0.2, 0.25) is 0 Å². The van der Waals surface area contributed by atoms with E-state index < -0.39 is 0 Å². The molecule has 0 amide bonds. The average molecular weight is 277 g/mol. The van der Waals surface area contributed by atoms with Crippen LogP contribution in [0.15, 0.2) is 97.9 Å². The molecule has 1 aromatic rings. The van der Waals surface area contributed by atoms with Crippen molar-refractivity contribution in [3.8, 4) is 0 Å². The molecule has 0 unspecified atom stereocenters. The predicted octanol–water partition coefficient (Wildman–Crippen LogP) is 5.70. The molecule has 21 heavy (non-hydrogen) atoms. The highest BCUT2D eigenvalue weighted by molar-refractivity contribution is 5.67. The van der Waals surface area contributed by atoms with Gasteiger partial charge in [-0.3, -0.25) is 0 Å². The zero-order valence-electron chi connectivity index (χ0n) is 13.0. The van der Waals surface area contributed by atoms with Gasteiger partial charge in [0.05, 0.1) is 0 Å². The molecule has 0 heterocycles. The van der Waals surface area contributed by atoms with Crippen molar-refractivity contribution in [1.29, 1.82) is 0 Å². The van der Waals surface area contributed by atoms with Gasteiger partial charge >= 0.3 is 0 Å². The van der Waals surface area contributed by atoms with E-state index in [1.54, 1.807) is 6.08 Å². The van der Waals surface area contributed by atoms with Crippen LogP contribution in [-0.4, -0.2) is 0 Å². The van der Waals surface area contributed by atoms with Gasteiger partial charge in [-0.2, -0.15) is 0 Å². The van der Waals surface area contributed by atoms with Crippen LogP contribution in [0.5, 0.6) is 0 Å². The third kappa shape index (κ3) is 3.73. The lowest BCUT2D eigenvalue weighted by atomic mass is 10.1. The molecule has 0 aromatic heterocycles. The highest BCUT2D eigenvalue weighted by atomic mass is 15.2. The minimum Gasteiger partial charge on any atom is -0.310 e. The Bertz CT molecular complexity index is 614. The van der Waals surface area contributed by atoms with E-state index in [0.717, 1.165) is 22.7 Å². The van der Waals surface area contributed by atoms with Crippen molar-refractivity contribution in [2.45, 2.75) is 13.8 Å². The molecule has 0 fully saturated rings. The first-order valence-corrected chi connectivity index (χ1v) is 6.87. The monoisotopic (exact) mass is 277 g/mol. The van der Waals surface area contributed by atoms with Crippen molar-refractivity contribution in [1.82, 2.24) is 0 Å². The number of para-hydroxylation sites is 1. The fourth-order valence-corrected chi connectivity index (χ4v) is 2.11. The molecule has 0 radical (unpaired) electrons. The Morgan fingerprint density at radius 2 is 1.67 bits per heavy atom. The molecule has 1 rings (SSSR count). The first-order valence-electron chi connectivity index (χ1n) is 6.87. The van der Waals surface area contributed by atoms with Crippen molar-refractivity contribution < 1.29 is 0 Å². The molecule has 108 valence electrons.